The summed E-state index contributed by atoms with van der Waals surface area (Å²) in [6.45, 7) is 2.44. The number of rotatable bonds is 3. The highest BCUT2D eigenvalue weighted by Gasteiger charge is 2.16. The standard InChI is InChI=1S/C16H15BrO2/c1-11-3-2-4-12(7-11)8-14(17)13-5-6-15-16(9-13)19-10-18-15/h2-7,9,14H,8,10H2,1H3. The fourth-order valence-corrected chi connectivity index (χ4v) is 2.93. The van der Waals surface area contributed by atoms with Gasteiger partial charge in [-0.2, -0.15) is 0 Å². The van der Waals surface area contributed by atoms with Gasteiger partial charge in [0.05, 0.1) is 0 Å². The van der Waals surface area contributed by atoms with Crippen molar-refractivity contribution in [2.24, 2.45) is 0 Å². The van der Waals surface area contributed by atoms with Gasteiger partial charge in [0.15, 0.2) is 11.5 Å². The van der Waals surface area contributed by atoms with Crippen LogP contribution >= 0.6 is 15.9 Å². The number of alkyl halides is 1. The van der Waals surface area contributed by atoms with Gasteiger partial charge in [0, 0.05) is 4.83 Å². The molecule has 0 aliphatic carbocycles. The molecule has 1 aliphatic rings. The maximum atomic E-state index is 5.42. The summed E-state index contributed by atoms with van der Waals surface area (Å²) in [5, 5.41) is 0. The van der Waals surface area contributed by atoms with Crippen molar-refractivity contribution in [1.29, 1.82) is 0 Å². The van der Waals surface area contributed by atoms with Gasteiger partial charge >= 0.3 is 0 Å². The molecule has 2 aromatic rings. The van der Waals surface area contributed by atoms with E-state index in [-0.39, 0.29) is 4.83 Å². The van der Waals surface area contributed by atoms with Gasteiger partial charge in [-0.15, -0.1) is 0 Å². The van der Waals surface area contributed by atoms with Gasteiger partial charge in [-0.25, -0.2) is 0 Å². The fourth-order valence-electron chi connectivity index (χ4n) is 2.27. The first-order valence-electron chi connectivity index (χ1n) is 6.31. The zero-order valence-electron chi connectivity index (χ0n) is 10.7. The third kappa shape index (κ3) is 2.76. The summed E-state index contributed by atoms with van der Waals surface area (Å²) >= 11 is 3.76. The minimum atomic E-state index is 0.281. The van der Waals surface area contributed by atoms with Crippen LogP contribution in [0, 0.1) is 6.92 Å². The van der Waals surface area contributed by atoms with Crippen molar-refractivity contribution < 1.29 is 9.47 Å². The van der Waals surface area contributed by atoms with Gasteiger partial charge in [0.25, 0.3) is 0 Å². The molecule has 3 rings (SSSR count). The lowest BCUT2D eigenvalue weighted by Crippen LogP contribution is -1.96. The van der Waals surface area contributed by atoms with Crippen LogP contribution in [0.2, 0.25) is 0 Å². The second-order valence-electron chi connectivity index (χ2n) is 4.77. The van der Waals surface area contributed by atoms with E-state index in [2.05, 4.69) is 59.3 Å². The second kappa shape index (κ2) is 5.25. The number of hydrogen-bond acceptors (Lipinski definition) is 2. The van der Waals surface area contributed by atoms with Crippen LogP contribution in [0.15, 0.2) is 42.5 Å². The Hall–Kier alpha value is -1.48. The molecule has 0 saturated carbocycles. The SMILES string of the molecule is Cc1cccc(CC(Br)c2ccc3c(c2)OCO3)c1. The molecule has 0 amide bonds. The molecule has 0 aromatic heterocycles. The van der Waals surface area contributed by atoms with E-state index in [9.17, 15) is 0 Å². The quantitative estimate of drug-likeness (QED) is 0.781. The zero-order valence-corrected chi connectivity index (χ0v) is 12.3. The van der Waals surface area contributed by atoms with Crippen molar-refractivity contribution in [2.75, 3.05) is 6.79 Å². The molecule has 1 unspecified atom stereocenters. The van der Waals surface area contributed by atoms with Crippen LogP contribution in [0.4, 0.5) is 0 Å². The van der Waals surface area contributed by atoms with Crippen LogP contribution in [0.5, 0.6) is 11.5 Å². The molecule has 2 nitrogen and oxygen atoms in total. The molecule has 1 atom stereocenters. The fraction of sp³-hybridized carbons (Fsp3) is 0.250. The van der Waals surface area contributed by atoms with Crippen LogP contribution in [-0.2, 0) is 6.42 Å². The van der Waals surface area contributed by atoms with E-state index in [0.29, 0.717) is 6.79 Å². The monoisotopic (exact) mass is 318 g/mol. The number of aryl methyl sites for hydroxylation is 1. The Labute approximate surface area is 121 Å². The highest BCUT2D eigenvalue weighted by atomic mass is 79.9. The van der Waals surface area contributed by atoms with Gasteiger partial charge in [-0.05, 0) is 36.6 Å². The van der Waals surface area contributed by atoms with Crippen molar-refractivity contribution in [1.82, 2.24) is 0 Å². The van der Waals surface area contributed by atoms with E-state index in [1.165, 1.54) is 16.7 Å². The van der Waals surface area contributed by atoms with Crippen molar-refractivity contribution in [2.45, 2.75) is 18.2 Å². The number of benzene rings is 2. The van der Waals surface area contributed by atoms with Crippen LogP contribution in [-0.4, -0.2) is 6.79 Å². The molecule has 3 heteroatoms. The topological polar surface area (TPSA) is 18.5 Å². The Morgan fingerprint density at radius 2 is 1.95 bits per heavy atom. The molecule has 0 N–H and O–H groups in total. The van der Waals surface area contributed by atoms with Crippen molar-refractivity contribution in [3.63, 3.8) is 0 Å². The third-order valence-electron chi connectivity index (χ3n) is 3.26. The number of ether oxygens (including phenoxy) is 2. The Balaban J connectivity index is 1.78. The highest BCUT2D eigenvalue weighted by Crippen LogP contribution is 2.37. The van der Waals surface area contributed by atoms with E-state index in [1.54, 1.807) is 0 Å². The van der Waals surface area contributed by atoms with Crippen LogP contribution in [0.1, 0.15) is 21.5 Å². The summed E-state index contributed by atoms with van der Waals surface area (Å²) in [5.41, 5.74) is 3.84. The predicted molar refractivity (Wildman–Crippen MR) is 79.1 cm³/mol. The van der Waals surface area contributed by atoms with E-state index in [0.717, 1.165) is 17.9 Å². The summed E-state index contributed by atoms with van der Waals surface area (Å²) in [4.78, 5) is 0.281. The summed E-state index contributed by atoms with van der Waals surface area (Å²) < 4.78 is 10.7. The Morgan fingerprint density at radius 3 is 2.79 bits per heavy atom. The summed E-state index contributed by atoms with van der Waals surface area (Å²) in [6, 6.07) is 14.7. The van der Waals surface area contributed by atoms with E-state index < -0.39 is 0 Å². The molecular weight excluding hydrogens is 304 g/mol. The van der Waals surface area contributed by atoms with Crippen molar-refractivity contribution >= 4 is 15.9 Å². The van der Waals surface area contributed by atoms with Gasteiger partial charge < -0.3 is 9.47 Å². The Morgan fingerprint density at radius 1 is 1.11 bits per heavy atom. The summed E-state index contributed by atoms with van der Waals surface area (Å²) in [7, 11) is 0. The first kappa shape index (κ1) is 12.5. The largest absolute Gasteiger partial charge is 0.454 e. The zero-order chi connectivity index (χ0) is 13.2. The number of fused-ring (bicyclic) bond motifs is 1. The lowest BCUT2D eigenvalue weighted by atomic mass is 10.0. The van der Waals surface area contributed by atoms with Gasteiger partial charge in [0.1, 0.15) is 0 Å². The van der Waals surface area contributed by atoms with Crippen molar-refractivity contribution in [3.8, 4) is 11.5 Å². The maximum Gasteiger partial charge on any atom is 0.231 e. The molecular formula is C16H15BrO2. The number of halogens is 1. The molecule has 1 heterocycles. The smallest absolute Gasteiger partial charge is 0.231 e. The molecule has 1 aliphatic heterocycles. The maximum absolute atomic E-state index is 5.42. The normalized spacial score (nSPS) is 14.4. The summed E-state index contributed by atoms with van der Waals surface area (Å²) in [6.07, 6.45) is 0.960. The van der Waals surface area contributed by atoms with Gasteiger partial charge in [-0.3, -0.25) is 0 Å². The molecule has 2 aromatic carbocycles. The molecule has 0 saturated heterocycles. The lowest BCUT2D eigenvalue weighted by molar-refractivity contribution is 0.174. The first-order chi connectivity index (χ1) is 9.22. The molecule has 0 radical (unpaired) electrons. The third-order valence-corrected chi connectivity index (χ3v) is 4.11. The van der Waals surface area contributed by atoms with Crippen LogP contribution in [0.3, 0.4) is 0 Å². The van der Waals surface area contributed by atoms with E-state index >= 15 is 0 Å². The molecule has 0 spiro atoms. The minimum Gasteiger partial charge on any atom is -0.454 e. The van der Waals surface area contributed by atoms with Gasteiger partial charge in [-0.1, -0.05) is 51.8 Å². The van der Waals surface area contributed by atoms with E-state index in [4.69, 9.17) is 9.47 Å². The Kier molecular flexibility index (Phi) is 3.47. The summed E-state index contributed by atoms with van der Waals surface area (Å²) in [5.74, 6) is 1.67. The number of hydrogen-bond donors (Lipinski definition) is 0. The van der Waals surface area contributed by atoms with Gasteiger partial charge in [0.2, 0.25) is 6.79 Å². The lowest BCUT2D eigenvalue weighted by Gasteiger charge is -2.11. The minimum absolute atomic E-state index is 0.281. The molecule has 0 bridgehead atoms. The van der Waals surface area contributed by atoms with E-state index in [1.807, 2.05) is 6.07 Å². The Bertz CT molecular complexity index is 595. The average Bonchev–Trinajstić information content (AvgIpc) is 2.85. The van der Waals surface area contributed by atoms with Crippen molar-refractivity contribution in [3.05, 3.63) is 59.2 Å². The average molecular weight is 319 g/mol. The molecule has 98 valence electrons. The first-order valence-corrected chi connectivity index (χ1v) is 7.23. The highest BCUT2D eigenvalue weighted by molar-refractivity contribution is 9.09. The second-order valence-corrected chi connectivity index (χ2v) is 5.88. The van der Waals surface area contributed by atoms with Crippen LogP contribution in [0.25, 0.3) is 0 Å². The predicted octanol–water partition coefficient (Wildman–Crippen LogP) is 4.40. The molecule has 0 fully saturated rings. The molecule has 19 heavy (non-hydrogen) atoms. The van der Waals surface area contributed by atoms with Crippen LogP contribution < -0.4 is 9.47 Å².